The monoisotopic (exact) mass is 405 g/mol. The Balaban J connectivity index is 1.75. The van der Waals surface area contributed by atoms with Gasteiger partial charge in [0, 0.05) is 29.2 Å². The minimum absolute atomic E-state index is 0.0283. The normalized spacial score (nSPS) is 11.1. The SMILES string of the molecule is COc1ccc(/C=C(/C#N)C(=O)NCCc2c[nH]c3ccccc23)c(OC)c1OC. The van der Waals surface area contributed by atoms with Gasteiger partial charge in [0.25, 0.3) is 5.91 Å². The number of nitriles is 1. The fourth-order valence-corrected chi connectivity index (χ4v) is 3.29. The summed E-state index contributed by atoms with van der Waals surface area (Å²) in [5.41, 5.74) is 2.67. The molecule has 0 saturated carbocycles. The van der Waals surface area contributed by atoms with Gasteiger partial charge in [0.1, 0.15) is 11.6 Å². The molecule has 2 N–H and O–H groups in total. The Labute approximate surface area is 174 Å². The van der Waals surface area contributed by atoms with Gasteiger partial charge in [0.15, 0.2) is 11.5 Å². The lowest BCUT2D eigenvalue weighted by atomic mass is 10.1. The average molecular weight is 405 g/mol. The van der Waals surface area contributed by atoms with Crippen molar-refractivity contribution in [2.24, 2.45) is 0 Å². The molecular formula is C23H23N3O4. The van der Waals surface area contributed by atoms with Crippen molar-refractivity contribution in [1.29, 1.82) is 5.26 Å². The van der Waals surface area contributed by atoms with Gasteiger partial charge in [-0.2, -0.15) is 5.26 Å². The molecule has 0 radical (unpaired) electrons. The number of hydrogen-bond acceptors (Lipinski definition) is 5. The van der Waals surface area contributed by atoms with Gasteiger partial charge in [-0.25, -0.2) is 0 Å². The number of methoxy groups -OCH3 is 3. The Morgan fingerprint density at radius 3 is 2.57 bits per heavy atom. The van der Waals surface area contributed by atoms with Crippen LogP contribution in [-0.4, -0.2) is 38.8 Å². The molecule has 3 rings (SSSR count). The summed E-state index contributed by atoms with van der Waals surface area (Å²) in [6, 6.07) is 13.3. The predicted octanol–water partition coefficient (Wildman–Crippen LogP) is 3.46. The Morgan fingerprint density at radius 2 is 1.87 bits per heavy atom. The first-order valence-corrected chi connectivity index (χ1v) is 9.36. The molecule has 0 bridgehead atoms. The second-order valence-electron chi connectivity index (χ2n) is 6.46. The van der Waals surface area contributed by atoms with E-state index in [0.29, 0.717) is 35.8 Å². The van der Waals surface area contributed by atoms with E-state index < -0.39 is 5.91 Å². The maximum absolute atomic E-state index is 12.5. The van der Waals surface area contributed by atoms with Gasteiger partial charge in [-0.05, 0) is 36.3 Å². The van der Waals surface area contributed by atoms with E-state index in [1.165, 1.54) is 27.4 Å². The van der Waals surface area contributed by atoms with E-state index in [1.807, 2.05) is 36.5 Å². The second-order valence-corrected chi connectivity index (χ2v) is 6.46. The predicted molar refractivity (Wildman–Crippen MR) is 115 cm³/mol. The Kier molecular flexibility index (Phi) is 6.60. The number of fused-ring (bicyclic) bond motifs is 1. The molecule has 3 aromatic rings. The lowest BCUT2D eigenvalue weighted by Crippen LogP contribution is -2.26. The molecular weight excluding hydrogens is 382 g/mol. The summed E-state index contributed by atoms with van der Waals surface area (Å²) in [5.74, 6) is 0.823. The molecule has 154 valence electrons. The first kappa shape index (κ1) is 20.8. The second kappa shape index (κ2) is 9.52. The van der Waals surface area contributed by atoms with Crippen LogP contribution in [0.1, 0.15) is 11.1 Å². The van der Waals surface area contributed by atoms with Crippen molar-refractivity contribution in [3.8, 4) is 23.3 Å². The number of nitrogens with zero attached hydrogens (tertiary/aromatic N) is 1. The fourth-order valence-electron chi connectivity index (χ4n) is 3.29. The number of carbonyl (C=O) groups excluding carboxylic acids is 1. The quantitative estimate of drug-likeness (QED) is 0.442. The number of amides is 1. The molecule has 0 saturated heterocycles. The molecule has 0 aliphatic carbocycles. The molecule has 0 unspecified atom stereocenters. The van der Waals surface area contributed by atoms with E-state index in [-0.39, 0.29) is 5.57 Å². The zero-order valence-electron chi connectivity index (χ0n) is 17.1. The molecule has 1 aromatic heterocycles. The van der Waals surface area contributed by atoms with Crippen molar-refractivity contribution in [2.75, 3.05) is 27.9 Å². The zero-order valence-corrected chi connectivity index (χ0v) is 17.1. The molecule has 0 fully saturated rings. The van der Waals surface area contributed by atoms with Gasteiger partial charge in [0.05, 0.1) is 21.3 Å². The molecule has 1 amide bonds. The summed E-state index contributed by atoms with van der Waals surface area (Å²) in [7, 11) is 4.51. The van der Waals surface area contributed by atoms with Crippen molar-refractivity contribution in [3.63, 3.8) is 0 Å². The molecule has 7 heteroatoms. The molecule has 0 aliphatic heterocycles. The van der Waals surface area contributed by atoms with Gasteiger partial charge in [-0.1, -0.05) is 18.2 Å². The van der Waals surface area contributed by atoms with E-state index in [9.17, 15) is 10.1 Å². The molecule has 1 heterocycles. The number of ether oxygens (including phenoxy) is 3. The summed E-state index contributed by atoms with van der Waals surface area (Å²) in [6.45, 7) is 0.406. The van der Waals surface area contributed by atoms with Gasteiger partial charge in [-0.15, -0.1) is 0 Å². The Bertz CT molecular complexity index is 1130. The number of para-hydroxylation sites is 1. The van der Waals surface area contributed by atoms with Crippen LogP contribution in [0.2, 0.25) is 0 Å². The lowest BCUT2D eigenvalue weighted by Gasteiger charge is -2.14. The number of hydrogen-bond donors (Lipinski definition) is 2. The smallest absolute Gasteiger partial charge is 0.261 e. The van der Waals surface area contributed by atoms with Gasteiger partial charge >= 0.3 is 0 Å². The minimum Gasteiger partial charge on any atom is -0.493 e. The number of aromatic amines is 1. The number of rotatable bonds is 8. The molecule has 0 spiro atoms. The highest BCUT2D eigenvalue weighted by Crippen LogP contribution is 2.40. The van der Waals surface area contributed by atoms with Crippen LogP contribution < -0.4 is 19.5 Å². The maximum Gasteiger partial charge on any atom is 0.261 e. The van der Waals surface area contributed by atoms with Crippen molar-refractivity contribution in [1.82, 2.24) is 10.3 Å². The fraction of sp³-hybridized carbons (Fsp3) is 0.217. The third kappa shape index (κ3) is 4.23. The first-order valence-electron chi connectivity index (χ1n) is 9.36. The lowest BCUT2D eigenvalue weighted by molar-refractivity contribution is -0.117. The van der Waals surface area contributed by atoms with E-state index in [0.717, 1.165) is 16.5 Å². The van der Waals surface area contributed by atoms with Crippen molar-refractivity contribution in [2.45, 2.75) is 6.42 Å². The molecule has 30 heavy (non-hydrogen) atoms. The summed E-state index contributed by atoms with van der Waals surface area (Å²) < 4.78 is 16.0. The zero-order chi connectivity index (χ0) is 21.5. The van der Waals surface area contributed by atoms with E-state index in [4.69, 9.17) is 14.2 Å². The van der Waals surface area contributed by atoms with E-state index in [1.54, 1.807) is 12.1 Å². The van der Waals surface area contributed by atoms with Crippen LogP contribution in [0.5, 0.6) is 17.2 Å². The number of aromatic nitrogens is 1. The van der Waals surface area contributed by atoms with Gasteiger partial charge in [-0.3, -0.25) is 4.79 Å². The van der Waals surface area contributed by atoms with Gasteiger partial charge < -0.3 is 24.5 Å². The van der Waals surface area contributed by atoms with Crippen LogP contribution in [0.15, 0.2) is 48.2 Å². The van der Waals surface area contributed by atoms with Crippen LogP contribution in [0, 0.1) is 11.3 Å². The van der Waals surface area contributed by atoms with E-state index >= 15 is 0 Å². The van der Waals surface area contributed by atoms with Crippen molar-refractivity contribution >= 4 is 22.9 Å². The third-order valence-corrected chi connectivity index (χ3v) is 4.75. The van der Waals surface area contributed by atoms with E-state index in [2.05, 4.69) is 10.3 Å². The summed E-state index contributed by atoms with van der Waals surface area (Å²) in [4.78, 5) is 15.8. The standard InChI is InChI=1S/C23H23N3O4/c1-28-20-9-8-15(21(29-2)22(20)30-3)12-17(13-24)23(27)25-11-10-16-14-26-19-7-5-4-6-18(16)19/h4-9,12,14,26H,10-11H2,1-3H3,(H,25,27)/b17-12-. The van der Waals surface area contributed by atoms with Crippen molar-refractivity contribution < 1.29 is 19.0 Å². The number of H-pyrrole nitrogens is 1. The topological polar surface area (TPSA) is 96.4 Å². The molecule has 0 atom stereocenters. The van der Waals surface area contributed by atoms with Crippen LogP contribution in [0.4, 0.5) is 0 Å². The highest BCUT2D eigenvalue weighted by atomic mass is 16.5. The Hall–Kier alpha value is -3.92. The van der Waals surface area contributed by atoms with Crippen LogP contribution in [0.3, 0.4) is 0 Å². The molecule has 0 aliphatic rings. The van der Waals surface area contributed by atoms with Gasteiger partial charge in [0.2, 0.25) is 5.75 Å². The Morgan fingerprint density at radius 1 is 1.10 bits per heavy atom. The highest BCUT2D eigenvalue weighted by Gasteiger charge is 2.17. The number of carbonyl (C=O) groups is 1. The summed E-state index contributed by atoms with van der Waals surface area (Å²) >= 11 is 0. The minimum atomic E-state index is -0.450. The van der Waals surface area contributed by atoms with Crippen LogP contribution >= 0.6 is 0 Å². The number of benzene rings is 2. The van der Waals surface area contributed by atoms with Crippen LogP contribution in [-0.2, 0) is 11.2 Å². The largest absolute Gasteiger partial charge is 0.493 e. The molecule has 7 nitrogen and oxygen atoms in total. The van der Waals surface area contributed by atoms with Crippen molar-refractivity contribution in [3.05, 3.63) is 59.3 Å². The summed E-state index contributed by atoms with van der Waals surface area (Å²) in [6.07, 6.45) is 4.06. The maximum atomic E-state index is 12.5. The number of nitrogens with one attached hydrogen (secondary N) is 2. The summed E-state index contributed by atoms with van der Waals surface area (Å²) in [5, 5.41) is 13.4. The first-order chi connectivity index (χ1) is 14.6. The molecule has 2 aromatic carbocycles. The highest BCUT2D eigenvalue weighted by molar-refractivity contribution is 6.02. The third-order valence-electron chi connectivity index (χ3n) is 4.75. The average Bonchev–Trinajstić information content (AvgIpc) is 3.19. The van der Waals surface area contributed by atoms with Crippen LogP contribution in [0.25, 0.3) is 17.0 Å².